The average Bonchev–Trinajstić information content (AvgIpc) is 3.01. The van der Waals surface area contributed by atoms with Crippen LogP contribution in [-0.2, 0) is 4.79 Å². The third kappa shape index (κ3) is 3.35. The molecule has 0 aliphatic rings. The molecule has 0 unspecified atom stereocenters. The fourth-order valence-corrected chi connectivity index (χ4v) is 2.20. The lowest BCUT2D eigenvalue weighted by Gasteiger charge is -2.09. The molecular weight excluding hydrogens is 308 g/mol. The Hall–Kier alpha value is -3.35. The average molecular weight is 324 g/mol. The lowest BCUT2D eigenvalue weighted by molar-refractivity contribution is -0.119. The molecule has 0 spiro atoms. The second-order valence-electron chi connectivity index (χ2n) is 4.99. The van der Waals surface area contributed by atoms with E-state index in [0.29, 0.717) is 11.5 Å². The second-order valence-corrected chi connectivity index (χ2v) is 4.99. The molecule has 0 fully saturated rings. The number of nitrogens with zero attached hydrogens (tertiary/aromatic N) is 3. The molecule has 1 amide bonds. The van der Waals surface area contributed by atoms with Crippen molar-refractivity contribution in [1.29, 1.82) is 0 Å². The number of aromatic nitrogens is 2. The smallest absolute Gasteiger partial charge is 0.255 e. The van der Waals surface area contributed by atoms with Crippen molar-refractivity contribution in [3.8, 4) is 11.5 Å². The van der Waals surface area contributed by atoms with E-state index in [2.05, 4.69) is 10.1 Å². The lowest BCUT2D eigenvalue weighted by atomic mass is 10.2. The Balaban J connectivity index is 1.83. The van der Waals surface area contributed by atoms with Crippen molar-refractivity contribution in [1.82, 2.24) is 9.66 Å². The maximum Gasteiger partial charge on any atom is 0.255 e. The van der Waals surface area contributed by atoms with Gasteiger partial charge >= 0.3 is 0 Å². The minimum Gasteiger partial charge on any atom is -0.493 e. The predicted octanol–water partition coefficient (Wildman–Crippen LogP) is 1.79. The molecule has 2 N–H and O–H groups in total. The molecule has 7 nitrogen and oxygen atoms in total. The van der Waals surface area contributed by atoms with Crippen LogP contribution in [0.2, 0.25) is 0 Å². The van der Waals surface area contributed by atoms with Gasteiger partial charge in [-0.15, -0.1) is 0 Å². The number of methoxy groups -OCH3 is 1. The highest BCUT2D eigenvalue weighted by Crippen LogP contribution is 2.27. The number of carbonyl (C=O) groups excluding carboxylic acids is 1. The van der Waals surface area contributed by atoms with Gasteiger partial charge in [-0.2, -0.15) is 5.10 Å². The minimum absolute atomic E-state index is 0.204. The van der Waals surface area contributed by atoms with E-state index >= 15 is 0 Å². The van der Waals surface area contributed by atoms with Gasteiger partial charge in [0.15, 0.2) is 18.1 Å². The van der Waals surface area contributed by atoms with E-state index in [9.17, 15) is 4.79 Å². The first-order valence-electron chi connectivity index (χ1n) is 7.23. The highest BCUT2D eigenvalue weighted by molar-refractivity contribution is 5.82. The van der Waals surface area contributed by atoms with Gasteiger partial charge in [0, 0.05) is 0 Å². The van der Waals surface area contributed by atoms with Crippen LogP contribution in [0, 0.1) is 0 Å². The van der Waals surface area contributed by atoms with Crippen molar-refractivity contribution in [2.75, 3.05) is 13.7 Å². The Labute approximate surface area is 138 Å². The SMILES string of the molecule is COc1cc(/C=N\n2cnc3ccccc32)ccc1OCC(N)=O. The van der Waals surface area contributed by atoms with E-state index in [0.717, 1.165) is 16.6 Å². The van der Waals surface area contributed by atoms with Gasteiger partial charge in [-0.1, -0.05) is 12.1 Å². The van der Waals surface area contributed by atoms with Crippen molar-refractivity contribution in [2.24, 2.45) is 10.8 Å². The first-order valence-corrected chi connectivity index (χ1v) is 7.23. The fourth-order valence-electron chi connectivity index (χ4n) is 2.20. The maximum atomic E-state index is 10.8. The molecule has 0 aliphatic heterocycles. The Kier molecular flexibility index (Phi) is 4.42. The zero-order valence-corrected chi connectivity index (χ0v) is 13.0. The van der Waals surface area contributed by atoms with Crippen LogP contribution in [0.3, 0.4) is 0 Å². The Morgan fingerprint density at radius 2 is 2.12 bits per heavy atom. The van der Waals surface area contributed by atoms with E-state index in [-0.39, 0.29) is 6.61 Å². The number of rotatable bonds is 6. The largest absolute Gasteiger partial charge is 0.493 e. The van der Waals surface area contributed by atoms with E-state index in [4.69, 9.17) is 15.2 Å². The molecule has 122 valence electrons. The van der Waals surface area contributed by atoms with Crippen molar-refractivity contribution in [2.45, 2.75) is 0 Å². The molecule has 0 saturated carbocycles. The van der Waals surface area contributed by atoms with Crippen molar-refractivity contribution in [3.63, 3.8) is 0 Å². The van der Waals surface area contributed by atoms with Crippen LogP contribution >= 0.6 is 0 Å². The fraction of sp³-hybridized carbons (Fsp3) is 0.118. The number of benzene rings is 2. The van der Waals surface area contributed by atoms with Gasteiger partial charge in [0.25, 0.3) is 5.91 Å². The van der Waals surface area contributed by atoms with E-state index in [1.807, 2.05) is 30.3 Å². The number of primary amides is 1. The van der Waals surface area contributed by atoms with E-state index in [1.54, 1.807) is 29.4 Å². The summed E-state index contributed by atoms with van der Waals surface area (Å²) in [5.74, 6) is 0.395. The molecule has 3 aromatic rings. The van der Waals surface area contributed by atoms with Crippen LogP contribution in [0.25, 0.3) is 11.0 Å². The Morgan fingerprint density at radius 3 is 2.92 bits per heavy atom. The molecule has 0 radical (unpaired) electrons. The second kappa shape index (κ2) is 6.82. The van der Waals surface area contributed by atoms with Crippen LogP contribution in [0.5, 0.6) is 11.5 Å². The summed E-state index contributed by atoms with van der Waals surface area (Å²) < 4.78 is 12.3. The van der Waals surface area contributed by atoms with Gasteiger partial charge in [0.1, 0.15) is 6.33 Å². The zero-order valence-electron chi connectivity index (χ0n) is 13.0. The number of imidazole rings is 1. The molecule has 7 heteroatoms. The molecule has 1 heterocycles. The standard InChI is InChI=1S/C17H16N4O3/c1-23-16-8-12(6-7-15(16)24-10-17(18)22)9-20-21-11-19-13-4-2-3-5-14(13)21/h2-9,11H,10H2,1H3,(H2,18,22)/b20-9-. The number of ether oxygens (including phenoxy) is 2. The molecule has 2 aromatic carbocycles. The van der Waals surface area contributed by atoms with Crippen LogP contribution in [0.4, 0.5) is 0 Å². The first kappa shape index (κ1) is 15.5. The highest BCUT2D eigenvalue weighted by atomic mass is 16.5. The van der Waals surface area contributed by atoms with Crippen molar-refractivity contribution < 1.29 is 14.3 Å². The number of fused-ring (bicyclic) bond motifs is 1. The van der Waals surface area contributed by atoms with Crippen LogP contribution in [0.15, 0.2) is 53.9 Å². The summed E-state index contributed by atoms with van der Waals surface area (Å²) in [7, 11) is 1.52. The normalized spacial score (nSPS) is 11.0. The quantitative estimate of drug-likeness (QED) is 0.700. The highest BCUT2D eigenvalue weighted by Gasteiger charge is 2.06. The van der Waals surface area contributed by atoms with Crippen molar-refractivity contribution in [3.05, 3.63) is 54.4 Å². The summed E-state index contributed by atoms with van der Waals surface area (Å²) in [6.45, 7) is -0.204. The van der Waals surface area contributed by atoms with E-state index < -0.39 is 5.91 Å². The minimum atomic E-state index is -0.547. The van der Waals surface area contributed by atoms with Gasteiger partial charge in [0.2, 0.25) is 0 Å². The summed E-state index contributed by atoms with van der Waals surface area (Å²) in [5, 5.41) is 4.40. The summed E-state index contributed by atoms with van der Waals surface area (Å²) in [6, 6.07) is 13.0. The molecule has 0 aliphatic carbocycles. The molecule has 0 atom stereocenters. The van der Waals surface area contributed by atoms with Crippen LogP contribution < -0.4 is 15.2 Å². The molecule has 3 rings (SSSR count). The number of hydrogen-bond donors (Lipinski definition) is 1. The number of carbonyl (C=O) groups is 1. The van der Waals surface area contributed by atoms with Gasteiger partial charge in [-0.25, -0.2) is 9.66 Å². The summed E-state index contributed by atoms with van der Waals surface area (Å²) >= 11 is 0. The summed E-state index contributed by atoms with van der Waals surface area (Å²) in [5.41, 5.74) is 7.69. The molecular formula is C17H16N4O3. The van der Waals surface area contributed by atoms with Crippen LogP contribution in [-0.4, -0.2) is 35.5 Å². The molecule has 24 heavy (non-hydrogen) atoms. The van der Waals surface area contributed by atoms with Gasteiger partial charge in [-0.05, 0) is 35.9 Å². The maximum absolute atomic E-state index is 10.8. The number of nitrogens with two attached hydrogens (primary N) is 1. The monoisotopic (exact) mass is 324 g/mol. The topological polar surface area (TPSA) is 91.7 Å². The molecule has 0 bridgehead atoms. The predicted molar refractivity (Wildman–Crippen MR) is 90.4 cm³/mol. The number of hydrogen-bond acceptors (Lipinski definition) is 5. The molecule has 0 saturated heterocycles. The third-order valence-electron chi connectivity index (χ3n) is 3.32. The molecule has 1 aromatic heterocycles. The van der Waals surface area contributed by atoms with Crippen molar-refractivity contribution >= 4 is 23.2 Å². The van der Waals surface area contributed by atoms with Gasteiger partial charge in [0.05, 0.1) is 24.4 Å². The summed E-state index contributed by atoms with van der Waals surface area (Å²) in [6.07, 6.45) is 3.34. The third-order valence-corrected chi connectivity index (χ3v) is 3.32. The lowest BCUT2D eigenvalue weighted by Crippen LogP contribution is -2.20. The number of amides is 1. The van der Waals surface area contributed by atoms with Crippen LogP contribution in [0.1, 0.15) is 5.56 Å². The van der Waals surface area contributed by atoms with E-state index in [1.165, 1.54) is 7.11 Å². The number of para-hydroxylation sites is 2. The first-order chi connectivity index (χ1) is 11.7. The Morgan fingerprint density at radius 1 is 1.29 bits per heavy atom. The van der Waals surface area contributed by atoms with Gasteiger partial charge < -0.3 is 15.2 Å². The summed E-state index contributed by atoms with van der Waals surface area (Å²) in [4.78, 5) is 15.1. The van der Waals surface area contributed by atoms with Gasteiger partial charge in [-0.3, -0.25) is 4.79 Å². The zero-order chi connectivity index (χ0) is 16.9. The Bertz CT molecular complexity index is 902.